The largest absolute Gasteiger partial charge is 0.490 e. The number of fused-ring (bicyclic) bond motifs is 2. The number of rotatable bonds is 8. The number of carbonyl (C=O) groups is 1. The van der Waals surface area contributed by atoms with Crippen LogP contribution in [0.3, 0.4) is 0 Å². The summed E-state index contributed by atoms with van der Waals surface area (Å²) in [5, 5.41) is 0. The number of nitrogen functional groups attached to an aromatic ring is 1. The van der Waals surface area contributed by atoms with Crippen LogP contribution < -0.4 is 25.8 Å². The molecule has 2 aromatic heterocycles. The maximum Gasteiger partial charge on any atom is 0.339 e. The predicted octanol–water partition coefficient (Wildman–Crippen LogP) is 4.32. The molecule has 11 nitrogen and oxygen atoms in total. The number of imidazole rings is 1. The first-order valence-corrected chi connectivity index (χ1v) is 14.5. The number of amides is 1. The fourth-order valence-electron chi connectivity index (χ4n) is 5.46. The topological polar surface area (TPSA) is 121 Å². The summed E-state index contributed by atoms with van der Waals surface area (Å²) in [6.07, 6.45) is 7.25. The molecule has 11 heteroatoms. The van der Waals surface area contributed by atoms with E-state index < -0.39 is 0 Å². The molecule has 7 rings (SSSR count). The summed E-state index contributed by atoms with van der Waals surface area (Å²) < 4.78 is 14.7. The first kappa shape index (κ1) is 27.4. The summed E-state index contributed by atoms with van der Waals surface area (Å²) in [4.78, 5) is 39.9. The molecule has 0 atom stereocenters. The van der Waals surface area contributed by atoms with Crippen LogP contribution >= 0.6 is 0 Å². The van der Waals surface area contributed by atoms with Crippen molar-refractivity contribution in [3.63, 3.8) is 0 Å². The predicted molar refractivity (Wildman–Crippen MR) is 168 cm³/mol. The lowest BCUT2D eigenvalue weighted by molar-refractivity contribution is -0.114. The van der Waals surface area contributed by atoms with Crippen molar-refractivity contribution in [1.29, 1.82) is 0 Å². The van der Waals surface area contributed by atoms with E-state index in [1.807, 2.05) is 36.4 Å². The van der Waals surface area contributed by atoms with E-state index in [1.165, 1.54) is 28.3 Å². The first-order valence-electron chi connectivity index (χ1n) is 14.5. The molecular formula is C33H31N7O4. The molecule has 1 saturated carbocycles. The lowest BCUT2D eigenvalue weighted by Gasteiger charge is -2.29. The van der Waals surface area contributed by atoms with Crippen LogP contribution in [0.5, 0.6) is 17.2 Å². The van der Waals surface area contributed by atoms with Gasteiger partial charge in [0.05, 0.1) is 23.6 Å². The second kappa shape index (κ2) is 11.3. The quantitative estimate of drug-likeness (QED) is 0.266. The molecule has 5 aromatic rings. The van der Waals surface area contributed by atoms with E-state index in [2.05, 4.69) is 21.9 Å². The van der Waals surface area contributed by atoms with E-state index in [0.29, 0.717) is 71.2 Å². The summed E-state index contributed by atoms with van der Waals surface area (Å²) >= 11 is 0. The Morgan fingerprint density at radius 3 is 2.55 bits per heavy atom. The molecule has 44 heavy (non-hydrogen) atoms. The van der Waals surface area contributed by atoms with Crippen LogP contribution in [0.25, 0.3) is 22.5 Å². The van der Waals surface area contributed by atoms with Gasteiger partial charge >= 0.3 is 5.69 Å². The molecule has 0 bridgehead atoms. The molecule has 222 valence electrons. The van der Waals surface area contributed by atoms with Gasteiger partial charge in [-0.1, -0.05) is 24.3 Å². The molecule has 0 saturated heterocycles. The molecule has 1 amide bonds. The molecule has 3 heterocycles. The Balaban J connectivity index is 1.25. The van der Waals surface area contributed by atoms with E-state index in [9.17, 15) is 9.59 Å². The van der Waals surface area contributed by atoms with Crippen LogP contribution in [0.15, 0.2) is 96.1 Å². The van der Waals surface area contributed by atoms with Gasteiger partial charge in [-0.2, -0.15) is 0 Å². The highest BCUT2D eigenvalue weighted by Crippen LogP contribution is 2.35. The van der Waals surface area contributed by atoms with E-state index in [0.717, 1.165) is 0 Å². The molecular weight excluding hydrogens is 558 g/mol. The molecule has 0 spiro atoms. The second-order valence-electron chi connectivity index (χ2n) is 10.9. The normalized spacial score (nSPS) is 14.6. The van der Waals surface area contributed by atoms with Crippen molar-refractivity contribution in [3.8, 4) is 28.6 Å². The summed E-state index contributed by atoms with van der Waals surface area (Å²) in [6.45, 7) is 1.48. The highest BCUT2D eigenvalue weighted by Gasteiger charge is 2.27. The van der Waals surface area contributed by atoms with Gasteiger partial charge in [-0.15, -0.1) is 0 Å². The maximum atomic E-state index is 14.1. The average molecular weight is 590 g/mol. The molecule has 1 aliphatic heterocycles. The lowest BCUT2D eigenvalue weighted by atomic mass is 10.2. The van der Waals surface area contributed by atoms with Crippen molar-refractivity contribution in [2.45, 2.75) is 18.9 Å². The fraction of sp³-hybridized carbons (Fsp3) is 0.212. The minimum absolute atomic E-state index is 0.143. The number of anilines is 2. The number of hydrogen-bond acceptors (Lipinski definition) is 8. The average Bonchev–Trinajstić information content (AvgIpc) is 3.85. The number of hydrogen-bond donors (Lipinski definition) is 1. The number of benzene rings is 3. The van der Waals surface area contributed by atoms with Crippen LogP contribution in [0.2, 0.25) is 0 Å². The van der Waals surface area contributed by atoms with Gasteiger partial charge in [-0.05, 0) is 74.5 Å². The van der Waals surface area contributed by atoms with Gasteiger partial charge < -0.3 is 20.1 Å². The van der Waals surface area contributed by atoms with Gasteiger partial charge in [0, 0.05) is 18.7 Å². The number of para-hydroxylation sites is 1. The van der Waals surface area contributed by atoms with Crippen LogP contribution in [0.1, 0.15) is 12.8 Å². The Morgan fingerprint density at radius 2 is 1.77 bits per heavy atom. The standard InChI is InChI=1S/C33H31N7O4/c1-37(22-9-10-22)17-5-8-29(41)38-18-19-43-28-16-13-24(20-27(28)38)40-32-30(31(34)35-21-36-32)39(33(40)42)23-11-14-26(15-12-23)44-25-6-3-2-4-7-25/h2-8,11-16,20-22H,9-10,17-19H2,1H3,(H2,34,35,36). The summed E-state index contributed by atoms with van der Waals surface area (Å²) in [6, 6.07) is 22.5. The van der Waals surface area contributed by atoms with Crippen molar-refractivity contribution in [2.75, 3.05) is 37.4 Å². The summed E-state index contributed by atoms with van der Waals surface area (Å²) in [5.74, 6) is 1.91. The molecule has 3 aromatic carbocycles. The molecule has 0 radical (unpaired) electrons. The van der Waals surface area contributed by atoms with E-state index in [-0.39, 0.29) is 17.4 Å². The van der Waals surface area contributed by atoms with Crippen LogP contribution in [0.4, 0.5) is 11.5 Å². The summed E-state index contributed by atoms with van der Waals surface area (Å²) in [7, 11) is 2.07. The van der Waals surface area contributed by atoms with Gasteiger partial charge in [0.1, 0.15) is 35.7 Å². The van der Waals surface area contributed by atoms with Gasteiger partial charge in [0.2, 0.25) is 0 Å². The van der Waals surface area contributed by atoms with Crippen LogP contribution in [-0.4, -0.2) is 62.7 Å². The van der Waals surface area contributed by atoms with Crippen molar-refractivity contribution in [3.05, 3.63) is 102 Å². The van der Waals surface area contributed by atoms with Crippen molar-refractivity contribution < 1.29 is 14.3 Å². The number of nitrogens with zero attached hydrogens (tertiary/aromatic N) is 6. The molecule has 0 unspecified atom stereocenters. The van der Waals surface area contributed by atoms with Crippen LogP contribution in [0, 0.1) is 0 Å². The third kappa shape index (κ3) is 5.18. The van der Waals surface area contributed by atoms with Gasteiger partial charge in [-0.25, -0.2) is 19.3 Å². The van der Waals surface area contributed by atoms with Crippen molar-refractivity contribution >= 4 is 28.6 Å². The Bertz CT molecular complexity index is 1930. The smallest absolute Gasteiger partial charge is 0.339 e. The third-order valence-electron chi connectivity index (χ3n) is 7.88. The highest BCUT2D eigenvalue weighted by atomic mass is 16.5. The zero-order chi connectivity index (χ0) is 30.2. The Morgan fingerprint density at radius 1 is 1.02 bits per heavy atom. The molecule has 2 aliphatic rings. The van der Waals surface area contributed by atoms with E-state index in [4.69, 9.17) is 15.2 Å². The number of carbonyl (C=O) groups excluding carboxylic acids is 1. The Kier molecular flexibility index (Phi) is 7.07. The first-order chi connectivity index (χ1) is 21.5. The zero-order valence-corrected chi connectivity index (χ0v) is 24.2. The van der Waals surface area contributed by atoms with Gasteiger partial charge in [0.25, 0.3) is 5.91 Å². The van der Waals surface area contributed by atoms with E-state index in [1.54, 1.807) is 53.4 Å². The SMILES string of the molecule is CN(CC=CC(=O)N1CCOc2ccc(-n3c(=O)n(-c4ccc(Oc5ccccc5)cc4)c4c(N)ncnc43)cc21)C1CC1. The Hall–Kier alpha value is -5.42. The number of ether oxygens (including phenoxy) is 2. The van der Waals surface area contributed by atoms with Crippen LogP contribution in [-0.2, 0) is 4.79 Å². The molecule has 1 fully saturated rings. The number of nitrogens with two attached hydrogens (primary N) is 1. The minimum atomic E-state index is -0.388. The molecule has 1 aliphatic carbocycles. The molecule has 2 N–H and O–H groups in total. The third-order valence-corrected chi connectivity index (χ3v) is 7.88. The lowest BCUT2D eigenvalue weighted by Crippen LogP contribution is -2.37. The minimum Gasteiger partial charge on any atom is -0.490 e. The van der Waals surface area contributed by atoms with Gasteiger partial charge in [0.15, 0.2) is 11.5 Å². The van der Waals surface area contributed by atoms with E-state index >= 15 is 0 Å². The highest BCUT2D eigenvalue weighted by molar-refractivity contribution is 6.03. The summed E-state index contributed by atoms with van der Waals surface area (Å²) in [5.41, 5.74) is 8.30. The fourth-order valence-corrected chi connectivity index (χ4v) is 5.46. The zero-order valence-electron chi connectivity index (χ0n) is 24.2. The number of likely N-dealkylation sites (N-methyl/N-ethyl adjacent to an activating group) is 1. The second-order valence-corrected chi connectivity index (χ2v) is 10.9. The van der Waals surface area contributed by atoms with Crippen molar-refractivity contribution in [2.24, 2.45) is 0 Å². The maximum absolute atomic E-state index is 14.1. The van der Waals surface area contributed by atoms with Crippen molar-refractivity contribution in [1.82, 2.24) is 24.0 Å². The monoisotopic (exact) mass is 589 g/mol. The van der Waals surface area contributed by atoms with Gasteiger partial charge in [-0.3, -0.25) is 14.3 Å². The Labute approximate surface area is 253 Å². The number of aromatic nitrogens is 4.